The predicted molar refractivity (Wildman–Crippen MR) is 84.2 cm³/mol. The molecule has 5 heteroatoms. The lowest BCUT2D eigenvalue weighted by molar-refractivity contribution is 0.293. The first kappa shape index (κ1) is 16.6. The second-order valence-corrected chi connectivity index (χ2v) is 4.69. The summed E-state index contributed by atoms with van der Waals surface area (Å²) in [5, 5.41) is 6.63. The summed E-state index contributed by atoms with van der Waals surface area (Å²) in [5.74, 6) is 1.84. The average Bonchev–Trinajstić information content (AvgIpc) is 2.97. The number of furan rings is 1. The van der Waals surface area contributed by atoms with Crippen LogP contribution >= 0.6 is 0 Å². The van der Waals surface area contributed by atoms with Gasteiger partial charge in [0.05, 0.1) is 6.26 Å². The third kappa shape index (κ3) is 6.61. The molecule has 0 amide bonds. The summed E-state index contributed by atoms with van der Waals surface area (Å²) in [4.78, 5) is 6.65. The van der Waals surface area contributed by atoms with Gasteiger partial charge >= 0.3 is 0 Å². The van der Waals surface area contributed by atoms with E-state index in [1.54, 1.807) is 13.3 Å². The summed E-state index contributed by atoms with van der Waals surface area (Å²) < 4.78 is 5.30. The Kier molecular flexibility index (Phi) is 8.54. The fourth-order valence-electron chi connectivity index (χ4n) is 2.06. The largest absolute Gasteiger partial charge is 0.469 e. The van der Waals surface area contributed by atoms with Crippen LogP contribution in [-0.2, 0) is 6.42 Å². The van der Waals surface area contributed by atoms with Crippen molar-refractivity contribution < 1.29 is 4.42 Å². The van der Waals surface area contributed by atoms with Crippen molar-refractivity contribution in [2.45, 2.75) is 26.7 Å². The number of rotatable bonds is 9. The molecular weight excluding hydrogens is 252 g/mol. The van der Waals surface area contributed by atoms with Crippen molar-refractivity contribution in [2.24, 2.45) is 4.99 Å². The van der Waals surface area contributed by atoms with Crippen LogP contribution in [0.5, 0.6) is 0 Å². The Morgan fingerprint density at radius 1 is 1.25 bits per heavy atom. The second kappa shape index (κ2) is 10.3. The highest BCUT2D eigenvalue weighted by molar-refractivity contribution is 5.79. The van der Waals surface area contributed by atoms with Crippen molar-refractivity contribution in [1.29, 1.82) is 0 Å². The molecule has 0 unspecified atom stereocenters. The Labute approximate surface area is 122 Å². The Morgan fingerprint density at radius 2 is 2.05 bits per heavy atom. The van der Waals surface area contributed by atoms with Crippen molar-refractivity contribution in [2.75, 3.05) is 39.8 Å². The average molecular weight is 280 g/mol. The monoisotopic (exact) mass is 280 g/mol. The normalized spacial score (nSPS) is 11.9. The summed E-state index contributed by atoms with van der Waals surface area (Å²) in [6, 6.07) is 3.90. The molecule has 0 atom stereocenters. The zero-order valence-electron chi connectivity index (χ0n) is 13.0. The maximum Gasteiger partial charge on any atom is 0.191 e. The number of guanidine groups is 1. The molecule has 5 nitrogen and oxygen atoms in total. The molecule has 0 radical (unpaired) electrons. The molecule has 1 aromatic rings. The molecule has 0 saturated carbocycles. The molecule has 0 aliphatic rings. The first-order valence-corrected chi connectivity index (χ1v) is 7.49. The first-order chi connectivity index (χ1) is 9.80. The van der Waals surface area contributed by atoms with Crippen LogP contribution in [0.25, 0.3) is 0 Å². The highest BCUT2D eigenvalue weighted by Gasteiger charge is 2.02. The lowest BCUT2D eigenvalue weighted by Crippen LogP contribution is -2.42. The van der Waals surface area contributed by atoms with Crippen molar-refractivity contribution >= 4 is 5.96 Å². The van der Waals surface area contributed by atoms with Crippen molar-refractivity contribution in [3.63, 3.8) is 0 Å². The minimum absolute atomic E-state index is 0.819. The van der Waals surface area contributed by atoms with Gasteiger partial charge < -0.3 is 20.0 Å². The molecule has 0 fully saturated rings. The number of nitrogens with one attached hydrogen (secondary N) is 2. The van der Waals surface area contributed by atoms with Crippen molar-refractivity contribution in [1.82, 2.24) is 15.5 Å². The van der Waals surface area contributed by atoms with Crippen LogP contribution in [0.15, 0.2) is 27.8 Å². The molecule has 2 N–H and O–H groups in total. The highest BCUT2D eigenvalue weighted by Crippen LogP contribution is 1.99. The van der Waals surface area contributed by atoms with Gasteiger partial charge in [0.1, 0.15) is 5.76 Å². The van der Waals surface area contributed by atoms with E-state index >= 15 is 0 Å². The first-order valence-electron chi connectivity index (χ1n) is 7.49. The maximum absolute atomic E-state index is 5.30. The van der Waals surface area contributed by atoms with Crippen LogP contribution in [0.2, 0.25) is 0 Å². The fourth-order valence-corrected chi connectivity index (χ4v) is 2.06. The van der Waals surface area contributed by atoms with Gasteiger partial charge in [0.25, 0.3) is 0 Å². The molecule has 0 spiro atoms. The zero-order valence-corrected chi connectivity index (χ0v) is 13.0. The molecule has 0 saturated heterocycles. The smallest absolute Gasteiger partial charge is 0.191 e. The number of nitrogens with zero attached hydrogens (tertiary/aromatic N) is 2. The Hall–Kier alpha value is -1.49. The summed E-state index contributed by atoms with van der Waals surface area (Å²) in [6.07, 6.45) is 3.77. The van der Waals surface area contributed by atoms with Gasteiger partial charge in [-0.3, -0.25) is 4.99 Å². The second-order valence-electron chi connectivity index (χ2n) is 4.69. The Balaban J connectivity index is 2.16. The van der Waals surface area contributed by atoms with Crippen LogP contribution in [0.1, 0.15) is 26.0 Å². The Bertz CT molecular complexity index is 362. The predicted octanol–water partition coefficient (Wildman–Crippen LogP) is 1.72. The lowest BCUT2D eigenvalue weighted by Gasteiger charge is -2.20. The van der Waals surface area contributed by atoms with Crippen LogP contribution in [-0.4, -0.2) is 50.6 Å². The number of hydrogen-bond donors (Lipinski definition) is 2. The van der Waals surface area contributed by atoms with Crippen LogP contribution < -0.4 is 10.6 Å². The third-order valence-corrected chi connectivity index (χ3v) is 3.18. The van der Waals surface area contributed by atoms with Gasteiger partial charge in [-0.15, -0.1) is 0 Å². The molecular formula is C15H28N4O. The SMILES string of the molecule is CCCN(CC)CCNC(=NC)NCCc1ccco1. The summed E-state index contributed by atoms with van der Waals surface area (Å²) in [5.41, 5.74) is 0. The molecule has 114 valence electrons. The molecule has 20 heavy (non-hydrogen) atoms. The maximum atomic E-state index is 5.30. The Morgan fingerprint density at radius 3 is 2.65 bits per heavy atom. The summed E-state index contributed by atoms with van der Waals surface area (Å²) in [6.45, 7) is 9.44. The van der Waals surface area contributed by atoms with Crippen molar-refractivity contribution in [3.8, 4) is 0 Å². The van der Waals surface area contributed by atoms with Gasteiger partial charge in [0.15, 0.2) is 5.96 Å². The molecule has 1 rings (SSSR count). The minimum atomic E-state index is 0.819. The van der Waals surface area contributed by atoms with Gasteiger partial charge in [-0.1, -0.05) is 13.8 Å². The van der Waals surface area contributed by atoms with E-state index in [0.717, 1.165) is 50.9 Å². The summed E-state index contributed by atoms with van der Waals surface area (Å²) in [7, 11) is 1.80. The minimum Gasteiger partial charge on any atom is -0.469 e. The van der Waals surface area contributed by atoms with E-state index in [9.17, 15) is 0 Å². The molecule has 1 heterocycles. The lowest BCUT2D eigenvalue weighted by atomic mass is 10.3. The fraction of sp³-hybridized carbons (Fsp3) is 0.667. The number of aliphatic imine (C=N–C) groups is 1. The van der Waals surface area contributed by atoms with Crippen molar-refractivity contribution in [3.05, 3.63) is 24.2 Å². The van der Waals surface area contributed by atoms with Crippen LogP contribution in [0.3, 0.4) is 0 Å². The van der Waals surface area contributed by atoms with Gasteiger partial charge in [0, 0.05) is 33.1 Å². The van der Waals surface area contributed by atoms with Crippen LogP contribution in [0.4, 0.5) is 0 Å². The van der Waals surface area contributed by atoms with E-state index in [1.807, 2.05) is 12.1 Å². The van der Waals surface area contributed by atoms with Gasteiger partial charge in [0.2, 0.25) is 0 Å². The van der Waals surface area contributed by atoms with E-state index < -0.39 is 0 Å². The van der Waals surface area contributed by atoms with E-state index in [0.29, 0.717) is 0 Å². The standard InChI is InChI=1S/C15H28N4O/c1-4-11-19(5-2)12-10-18-15(16-3)17-9-8-14-7-6-13-20-14/h6-7,13H,4-5,8-12H2,1-3H3,(H2,16,17,18). The van der Waals surface area contributed by atoms with E-state index in [2.05, 4.69) is 34.4 Å². The van der Waals surface area contributed by atoms with Gasteiger partial charge in [-0.05, 0) is 31.6 Å². The van der Waals surface area contributed by atoms with E-state index in [4.69, 9.17) is 4.42 Å². The number of hydrogen-bond acceptors (Lipinski definition) is 3. The molecule has 0 bridgehead atoms. The van der Waals surface area contributed by atoms with Crippen LogP contribution in [0, 0.1) is 0 Å². The van der Waals surface area contributed by atoms with Gasteiger partial charge in [-0.2, -0.15) is 0 Å². The molecule has 0 aliphatic carbocycles. The zero-order chi connectivity index (χ0) is 14.6. The molecule has 1 aromatic heterocycles. The number of likely N-dealkylation sites (N-methyl/N-ethyl adjacent to an activating group) is 1. The van der Waals surface area contributed by atoms with E-state index in [1.165, 1.54) is 6.42 Å². The quantitative estimate of drug-likeness (QED) is 0.534. The molecule has 0 aromatic carbocycles. The van der Waals surface area contributed by atoms with E-state index in [-0.39, 0.29) is 0 Å². The summed E-state index contributed by atoms with van der Waals surface area (Å²) >= 11 is 0. The third-order valence-electron chi connectivity index (χ3n) is 3.18. The highest BCUT2D eigenvalue weighted by atomic mass is 16.3. The van der Waals surface area contributed by atoms with Gasteiger partial charge in [-0.25, -0.2) is 0 Å². The molecule has 0 aliphatic heterocycles. The topological polar surface area (TPSA) is 52.8 Å².